The Kier molecular flexibility index (Phi) is 7.46. The first kappa shape index (κ1) is 25.9. The molecule has 3 aliphatic heterocycles. The molecule has 2 aromatic rings. The lowest BCUT2D eigenvalue weighted by atomic mass is 9.86. The van der Waals surface area contributed by atoms with Gasteiger partial charge in [0.15, 0.2) is 0 Å². The molecule has 11 nitrogen and oxygen atoms in total. The molecule has 202 valence electrons. The van der Waals surface area contributed by atoms with E-state index in [1.165, 1.54) is 0 Å². The number of oxime groups is 1. The maximum absolute atomic E-state index is 13.2. The molecule has 1 N–H and O–H groups in total. The Morgan fingerprint density at radius 2 is 1.79 bits per heavy atom. The van der Waals surface area contributed by atoms with Crippen LogP contribution < -0.4 is 19.7 Å². The van der Waals surface area contributed by atoms with Gasteiger partial charge in [-0.05, 0) is 24.3 Å². The van der Waals surface area contributed by atoms with Crippen LogP contribution in [0.2, 0.25) is 5.02 Å². The third-order valence-corrected chi connectivity index (χ3v) is 7.60. The lowest BCUT2D eigenvalue weighted by Gasteiger charge is -2.37. The molecule has 0 bridgehead atoms. The van der Waals surface area contributed by atoms with E-state index in [4.69, 9.17) is 25.9 Å². The molecule has 4 heterocycles. The molecule has 1 aromatic heterocycles. The van der Waals surface area contributed by atoms with Crippen LogP contribution in [0.3, 0.4) is 0 Å². The van der Waals surface area contributed by atoms with Gasteiger partial charge >= 0.3 is 6.03 Å². The fourth-order valence-electron chi connectivity index (χ4n) is 5.04. The Hall–Kier alpha value is -3.73. The number of piperazine rings is 1. The van der Waals surface area contributed by atoms with Crippen molar-refractivity contribution in [1.82, 2.24) is 14.8 Å². The third-order valence-electron chi connectivity index (χ3n) is 7.30. The number of rotatable bonds is 5. The Bertz CT molecular complexity index is 1220. The normalized spacial score (nSPS) is 18.6. The molecule has 0 saturated carbocycles. The van der Waals surface area contributed by atoms with Crippen molar-refractivity contribution in [2.24, 2.45) is 5.16 Å². The predicted octanol–water partition coefficient (Wildman–Crippen LogP) is 3.24. The molecule has 2 fully saturated rings. The summed E-state index contributed by atoms with van der Waals surface area (Å²) in [4.78, 5) is 41.9. The Morgan fingerprint density at radius 1 is 1.03 bits per heavy atom. The largest absolute Gasteiger partial charge is 0.497 e. The number of likely N-dealkylation sites (tertiary alicyclic amines) is 1. The molecule has 0 unspecified atom stereocenters. The summed E-state index contributed by atoms with van der Waals surface area (Å²) in [6, 6.07) is 8.62. The van der Waals surface area contributed by atoms with Crippen molar-refractivity contribution >= 4 is 40.8 Å². The zero-order chi connectivity index (χ0) is 26.7. The number of pyridine rings is 1. The highest BCUT2D eigenvalue weighted by molar-refractivity contribution is 6.39. The minimum atomic E-state index is -0.557. The number of hydrogen-bond acceptors (Lipinski definition) is 8. The Morgan fingerprint density at radius 3 is 2.47 bits per heavy atom. The fourth-order valence-corrected chi connectivity index (χ4v) is 5.28. The summed E-state index contributed by atoms with van der Waals surface area (Å²) in [6.07, 6.45) is 3.33. The van der Waals surface area contributed by atoms with Crippen LogP contribution in [0, 0.1) is 0 Å². The molecular weight excluding hydrogens is 512 g/mol. The number of ether oxygens (including phenoxy) is 2. The van der Waals surface area contributed by atoms with E-state index in [0.717, 1.165) is 5.82 Å². The summed E-state index contributed by atoms with van der Waals surface area (Å²) < 4.78 is 10.6. The zero-order valence-corrected chi connectivity index (χ0v) is 22.2. The van der Waals surface area contributed by atoms with Crippen molar-refractivity contribution in [2.75, 3.05) is 63.7 Å². The average molecular weight is 543 g/mol. The summed E-state index contributed by atoms with van der Waals surface area (Å²) in [5.74, 6) is 1.81. The molecule has 2 saturated heterocycles. The van der Waals surface area contributed by atoms with Gasteiger partial charge in [-0.2, -0.15) is 0 Å². The quantitative estimate of drug-likeness (QED) is 0.617. The number of nitrogens with one attached hydrogen (secondary N) is 1. The Balaban J connectivity index is 1.12. The van der Waals surface area contributed by atoms with Crippen molar-refractivity contribution < 1.29 is 23.9 Å². The topological polar surface area (TPSA) is 109 Å². The number of amides is 3. The molecule has 3 aliphatic rings. The Labute approximate surface area is 226 Å². The number of anilines is 2. The molecule has 12 heteroatoms. The maximum atomic E-state index is 13.2. The van der Waals surface area contributed by atoms with Gasteiger partial charge in [0.25, 0.3) is 5.91 Å². The maximum Gasteiger partial charge on any atom is 0.321 e. The molecule has 1 spiro atoms. The number of urea groups is 1. The van der Waals surface area contributed by atoms with Gasteiger partial charge in [0, 0.05) is 70.8 Å². The van der Waals surface area contributed by atoms with E-state index in [9.17, 15) is 9.59 Å². The van der Waals surface area contributed by atoms with Crippen LogP contribution in [0.4, 0.5) is 16.3 Å². The van der Waals surface area contributed by atoms with Crippen molar-refractivity contribution in [3.05, 3.63) is 41.6 Å². The zero-order valence-electron chi connectivity index (χ0n) is 21.5. The summed E-state index contributed by atoms with van der Waals surface area (Å²) >= 11 is 6.28. The first-order valence-corrected chi connectivity index (χ1v) is 13.0. The minimum Gasteiger partial charge on any atom is -0.497 e. The monoisotopic (exact) mass is 542 g/mol. The number of piperidine rings is 1. The summed E-state index contributed by atoms with van der Waals surface area (Å²) in [7, 11) is 3.12. The number of carbonyl (C=O) groups excluding carboxylic acids is 2. The van der Waals surface area contributed by atoms with Gasteiger partial charge in [0.05, 0.1) is 24.9 Å². The second kappa shape index (κ2) is 10.9. The van der Waals surface area contributed by atoms with Crippen molar-refractivity contribution in [3.63, 3.8) is 0 Å². The standard InChI is InChI=1S/C26H31ClN6O5/c1-36-18-5-6-22(37-2)20(16-18)29-25(35)33-10-7-26(8-11-33)17-21(30-38-26)24(34)32-14-12-31(13-15-32)23-19(27)4-3-9-28-23/h3-6,9,16H,7-8,10-15,17H2,1-2H3,(H,29,35). The molecule has 0 radical (unpaired) electrons. The summed E-state index contributed by atoms with van der Waals surface area (Å²) in [6.45, 7) is 3.36. The molecular formula is C26H31ClN6O5. The number of nitrogens with zero attached hydrogens (tertiary/aromatic N) is 5. The number of hydrogen-bond donors (Lipinski definition) is 1. The van der Waals surface area contributed by atoms with E-state index < -0.39 is 5.60 Å². The molecule has 0 aliphatic carbocycles. The van der Waals surface area contributed by atoms with Gasteiger partial charge < -0.3 is 34.3 Å². The van der Waals surface area contributed by atoms with Crippen LogP contribution in [-0.2, 0) is 9.63 Å². The van der Waals surface area contributed by atoms with Gasteiger partial charge in [-0.3, -0.25) is 4.79 Å². The van der Waals surface area contributed by atoms with Crippen LogP contribution in [0.5, 0.6) is 11.5 Å². The minimum absolute atomic E-state index is 0.0982. The summed E-state index contributed by atoms with van der Waals surface area (Å²) in [5.41, 5.74) is 0.419. The summed E-state index contributed by atoms with van der Waals surface area (Å²) in [5, 5.41) is 7.70. The molecule has 38 heavy (non-hydrogen) atoms. The van der Waals surface area contributed by atoms with Crippen molar-refractivity contribution in [1.29, 1.82) is 0 Å². The van der Waals surface area contributed by atoms with Gasteiger partial charge in [0.2, 0.25) is 0 Å². The van der Waals surface area contributed by atoms with Crippen LogP contribution in [-0.4, -0.2) is 91.5 Å². The molecule has 0 atom stereocenters. The van der Waals surface area contributed by atoms with Crippen molar-refractivity contribution in [2.45, 2.75) is 24.9 Å². The molecule has 5 rings (SSSR count). The van der Waals surface area contributed by atoms with E-state index >= 15 is 0 Å². The van der Waals surface area contributed by atoms with Crippen LogP contribution in [0.15, 0.2) is 41.7 Å². The van der Waals surface area contributed by atoms with E-state index in [1.54, 1.807) is 54.5 Å². The number of carbonyl (C=O) groups is 2. The van der Waals surface area contributed by atoms with Crippen LogP contribution in [0.1, 0.15) is 19.3 Å². The molecule has 1 aromatic carbocycles. The lowest BCUT2D eigenvalue weighted by molar-refractivity contribution is -0.124. The number of aromatic nitrogens is 1. The predicted molar refractivity (Wildman–Crippen MR) is 143 cm³/mol. The fraction of sp³-hybridized carbons (Fsp3) is 0.462. The highest BCUT2D eigenvalue weighted by Crippen LogP contribution is 2.36. The van der Waals surface area contributed by atoms with E-state index in [2.05, 4.69) is 20.4 Å². The highest BCUT2D eigenvalue weighted by Gasteiger charge is 2.45. The number of halogens is 1. The lowest BCUT2D eigenvalue weighted by Crippen LogP contribution is -2.52. The van der Waals surface area contributed by atoms with Gasteiger partial charge in [-0.25, -0.2) is 9.78 Å². The van der Waals surface area contributed by atoms with Crippen LogP contribution >= 0.6 is 11.6 Å². The van der Waals surface area contributed by atoms with Crippen LogP contribution in [0.25, 0.3) is 0 Å². The average Bonchev–Trinajstić information content (AvgIpc) is 3.36. The van der Waals surface area contributed by atoms with Gasteiger partial charge in [-0.15, -0.1) is 0 Å². The molecule has 3 amide bonds. The van der Waals surface area contributed by atoms with E-state index in [1.807, 2.05) is 6.07 Å². The van der Waals surface area contributed by atoms with Gasteiger partial charge in [0.1, 0.15) is 28.6 Å². The van der Waals surface area contributed by atoms with Gasteiger partial charge in [-0.1, -0.05) is 16.8 Å². The SMILES string of the molecule is COc1ccc(OC)c(NC(=O)N2CCC3(CC2)CC(C(=O)N2CCN(c4ncccc4Cl)CC2)=NO3)c1. The van der Waals surface area contributed by atoms with E-state index in [-0.39, 0.29) is 11.9 Å². The van der Waals surface area contributed by atoms with Crippen molar-refractivity contribution in [3.8, 4) is 11.5 Å². The number of benzene rings is 1. The third kappa shape index (κ3) is 5.28. The second-order valence-electron chi connectivity index (χ2n) is 9.56. The second-order valence-corrected chi connectivity index (χ2v) is 9.97. The first-order valence-electron chi connectivity index (χ1n) is 12.6. The first-order chi connectivity index (χ1) is 18.4. The van der Waals surface area contributed by atoms with E-state index in [0.29, 0.717) is 86.5 Å². The smallest absolute Gasteiger partial charge is 0.321 e. The number of methoxy groups -OCH3 is 2. The highest BCUT2D eigenvalue weighted by atomic mass is 35.5.